The molecule has 5 N–H and O–H groups in total. The number of para-hydroxylation sites is 1. The molecule has 18 atom stereocenters. The largest absolute Gasteiger partial charge is 0.496 e. The Labute approximate surface area is 458 Å². The lowest BCUT2D eigenvalue weighted by atomic mass is 9.73. The van der Waals surface area contributed by atoms with Gasteiger partial charge in [0.15, 0.2) is 24.8 Å². The first kappa shape index (κ1) is 64.1. The van der Waals surface area contributed by atoms with Gasteiger partial charge in [-0.2, -0.15) is 0 Å². The molecule has 20 nitrogen and oxygen atoms in total. The fourth-order valence-electron chi connectivity index (χ4n) is 12.3. The third kappa shape index (κ3) is 16.7. The number of hydrogen-bond acceptors (Lipinski definition) is 19. The fraction of sp³-hybridized carbons (Fsp3) is 0.825. The van der Waals surface area contributed by atoms with E-state index in [0.29, 0.717) is 30.4 Å². The van der Waals surface area contributed by atoms with Crippen LogP contribution in [-0.4, -0.2) is 163 Å². The first-order valence-corrected chi connectivity index (χ1v) is 28.1. The minimum Gasteiger partial charge on any atom is -0.496 e. The Morgan fingerprint density at radius 1 is 0.896 bits per heavy atom. The van der Waals surface area contributed by atoms with Gasteiger partial charge in [0.2, 0.25) is 0 Å². The van der Waals surface area contributed by atoms with E-state index in [4.69, 9.17) is 52.6 Å². The van der Waals surface area contributed by atoms with Gasteiger partial charge in [0.05, 0.1) is 60.9 Å². The van der Waals surface area contributed by atoms with Crippen LogP contribution in [0.5, 0.6) is 5.75 Å². The molecule has 1 unspecified atom stereocenters. The molecular formula is C57H96N4O16. The van der Waals surface area contributed by atoms with Crippen LogP contribution in [0, 0.1) is 29.6 Å². The molecule has 1 aromatic carbocycles. The highest BCUT2D eigenvalue weighted by Crippen LogP contribution is 2.42. The van der Waals surface area contributed by atoms with Gasteiger partial charge in [0.1, 0.15) is 29.7 Å². The number of likely N-dealkylation sites (N-methyl/N-ethyl adjacent to an activating group) is 1. The quantitative estimate of drug-likeness (QED) is 0.0431. The Morgan fingerprint density at radius 3 is 2.22 bits per heavy atom. The maximum absolute atomic E-state index is 14.8. The van der Waals surface area contributed by atoms with Crippen molar-refractivity contribution in [3.05, 3.63) is 29.8 Å². The molecule has 0 aromatic heterocycles. The zero-order valence-electron chi connectivity index (χ0n) is 48.8. The summed E-state index contributed by atoms with van der Waals surface area (Å²) in [7, 11) is 6.81. The molecule has 3 aliphatic heterocycles. The van der Waals surface area contributed by atoms with Crippen LogP contribution in [-0.2, 0) is 58.9 Å². The molecule has 77 heavy (non-hydrogen) atoms. The molecule has 20 heteroatoms. The molecule has 5 rings (SSSR count). The summed E-state index contributed by atoms with van der Waals surface area (Å²) in [5.74, 6) is -3.57. The summed E-state index contributed by atoms with van der Waals surface area (Å²) in [5, 5.41) is 42.5. The topological polar surface area (TPSA) is 244 Å². The summed E-state index contributed by atoms with van der Waals surface area (Å²) in [5.41, 5.74) is 1.80. The van der Waals surface area contributed by atoms with Gasteiger partial charge in [-0.1, -0.05) is 83.2 Å². The van der Waals surface area contributed by atoms with Crippen LogP contribution in [0.1, 0.15) is 152 Å². The number of carbonyl (C=O) groups is 3. The number of hydrazine groups is 1. The third-order valence-electron chi connectivity index (χ3n) is 16.7. The number of rotatable bonds is 18. The predicted molar refractivity (Wildman–Crippen MR) is 287 cm³/mol. The lowest BCUT2D eigenvalue weighted by Gasteiger charge is -2.49. The number of esters is 2. The standard InChI is InChI=1S/C57H96N4O16/c1-16-44-57(11,67)49(63)35(4)46(60-70-28-22-25-40-23-18-17-19-24-40)33(2)30-55(9,66)50(36(5)47(37(6)52(64)74-44)75-45-31-56(10,69-15)51(38(7)72-45)73-39(8)62)77-53-48(42(61(12)13)29-34(3)71-53)76-54(65)59-58-32-41-26-20-21-27-43(41)68-14/h20-21,26-27,33-38,40,42,44-45,47-51,53,58,63,66-67H,16-19,22-25,28-32H2,1-15H3,(H,59,65)/b60-46+/t33-,34-,35-,36+,37-,38+,42+,44+,45+,47+,48-,49-,50-,51+,53+,55?,56-,57-/m1/s1. The number of carbonyl (C=O) groups excluding carboxylic acids is 3. The van der Waals surface area contributed by atoms with Gasteiger partial charge in [-0.05, 0) is 99.7 Å². The molecule has 0 bridgehead atoms. The Morgan fingerprint density at radius 2 is 1.58 bits per heavy atom. The molecule has 4 aliphatic rings. The zero-order valence-corrected chi connectivity index (χ0v) is 48.8. The van der Waals surface area contributed by atoms with E-state index in [9.17, 15) is 29.7 Å². The number of aliphatic hydroxyl groups is 3. The van der Waals surface area contributed by atoms with Gasteiger partial charge in [0.25, 0.3) is 0 Å². The van der Waals surface area contributed by atoms with Gasteiger partial charge in [-0.25, -0.2) is 10.2 Å². The van der Waals surface area contributed by atoms with Crippen molar-refractivity contribution in [1.82, 2.24) is 15.8 Å². The lowest BCUT2D eigenvalue weighted by molar-refractivity contribution is -0.318. The Bertz CT molecular complexity index is 2050. The number of ether oxygens (including phenoxy) is 9. The predicted octanol–water partition coefficient (Wildman–Crippen LogP) is 6.97. The second-order valence-corrected chi connectivity index (χ2v) is 23.3. The Hall–Kier alpha value is -3.70. The highest BCUT2D eigenvalue weighted by Gasteiger charge is 2.55. The maximum Gasteiger partial charge on any atom is 0.422 e. The lowest BCUT2D eigenvalue weighted by Crippen LogP contribution is -2.62. The zero-order chi connectivity index (χ0) is 57.0. The second kappa shape index (κ2) is 28.6. The summed E-state index contributed by atoms with van der Waals surface area (Å²) in [6, 6.07) is 6.96. The van der Waals surface area contributed by atoms with Crippen molar-refractivity contribution in [1.29, 1.82) is 0 Å². The number of oxime groups is 1. The first-order chi connectivity index (χ1) is 36.3. The monoisotopic (exact) mass is 1090 g/mol. The average Bonchev–Trinajstić information content (AvgIpc) is 3.39. The second-order valence-electron chi connectivity index (χ2n) is 23.3. The van der Waals surface area contributed by atoms with Gasteiger partial charge < -0.3 is 67.7 Å². The molecule has 1 aromatic rings. The van der Waals surface area contributed by atoms with Crippen LogP contribution in [0.25, 0.3) is 0 Å². The van der Waals surface area contributed by atoms with Crippen LogP contribution in [0.3, 0.4) is 0 Å². The van der Waals surface area contributed by atoms with Crippen molar-refractivity contribution in [3.63, 3.8) is 0 Å². The number of nitrogens with zero attached hydrogens (tertiary/aromatic N) is 2. The maximum atomic E-state index is 14.8. The highest BCUT2D eigenvalue weighted by molar-refractivity contribution is 5.88. The molecule has 3 saturated heterocycles. The van der Waals surface area contributed by atoms with Crippen molar-refractivity contribution in [2.45, 2.75) is 238 Å². The first-order valence-electron chi connectivity index (χ1n) is 28.1. The Balaban J connectivity index is 1.59. The van der Waals surface area contributed by atoms with Gasteiger partial charge in [-0.15, -0.1) is 0 Å². The van der Waals surface area contributed by atoms with E-state index in [1.165, 1.54) is 53.1 Å². The van der Waals surface area contributed by atoms with Crippen LogP contribution in [0.2, 0.25) is 0 Å². The molecule has 4 fully saturated rings. The van der Waals surface area contributed by atoms with Crippen molar-refractivity contribution in [2.24, 2.45) is 34.7 Å². The van der Waals surface area contributed by atoms with E-state index in [0.717, 1.165) is 18.4 Å². The summed E-state index contributed by atoms with van der Waals surface area (Å²) in [4.78, 5) is 49.0. The van der Waals surface area contributed by atoms with Gasteiger partial charge >= 0.3 is 18.0 Å². The number of amides is 1. The minimum atomic E-state index is -1.98. The molecular weight excluding hydrogens is 997 g/mol. The number of nitrogens with one attached hydrogen (secondary N) is 2. The van der Waals surface area contributed by atoms with E-state index in [1.54, 1.807) is 55.6 Å². The van der Waals surface area contributed by atoms with Crippen LogP contribution in [0.15, 0.2) is 29.4 Å². The van der Waals surface area contributed by atoms with Crippen LogP contribution < -0.4 is 15.6 Å². The minimum absolute atomic E-state index is 0.0464. The molecule has 1 amide bonds. The molecule has 0 radical (unpaired) electrons. The summed E-state index contributed by atoms with van der Waals surface area (Å²) >= 11 is 0. The molecule has 440 valence electrons. The van der Waals surface area contributed by atoms with Crippen molar-refractivity contribution >= 4 is 23.7 Å². The van der Waals surface area contributed by atoms with Crippen molar-refractivity contribution < 1.29 is 77.2 Å². The van der Waals surface area contributed by atoms with Gasteiger partial charge in [-0.3, -0.25) is 15.0 Å². The summed E-state index contributed by atoms with van der Waals surface area (Å²) in [6.07, 6.45) is -2.87. The third-order valence-corrected chi connectivity index (χ3v) is 16.7. The molecule has 0 spiro atoms. The normalized spacial score (nSPS) is 38.6. The van der Waals surface area contributed by atoms with E-state index in [1.807, 2.05) is 57.1 Å². The smallest absolute Gasteiger partial charge is 0.422 e. The fourth-order valence-corrected chi connectivity index (χ4v) is 12.3. The SMILES string of the molecule is CC[C@@H]1OC(=O)[C@H](C)[C@@H](O[C@H]2C[C@@](C)(OC)[C@@H](OC(C)=O)[C@H](C)O2)[C@H](C)[C@@H](O[C@@H]2O[C@H](C)C[C@H](N(C)C)[C@H]2OC(=O)NNCc2ccccc2OC)C(C)(O)C[C@@H](C)/C(=N\OCCCC2CCCCC2)[C@@H](C)[C@@H](O)[C@]1(C)O. The van der Waals surface area contributed by atoms with E-state index < -0.39 is 126 Å². The molecule has 1 saturated carbocycles. The number of methoxy groups -OCH3 is 2. The molecule has 1 aliphatic carbocycles. The van der Waals surface area contributed by atoms with Crippen molar-refractivity contribution in [2.75, 3.05) is 34.9 Å². The van der Waals surface area contributed by atoms with E-state index in [2.05, 4.69) is 10.9 Å². The van der Waals surface area contributed by atoms with Gasteiger partial charge in [0, 0.05) is 50.3 Å². The summed E-state index contributed by atoms with van der Waals surface area (Å²) in [6.45, 7) is 19.1. The number of cyclic esters (lactones) is 1. The number of hydrogen-bond donors (Lipinski definition) is 5. The van der Waals surface area contributed by atoms with Crippen LogP contribution >= 0.6 is 0 Å². The number of benzene rings is 1. The Kier molecular flexibility index (Phi) is 23.8. The average molecular weight is 1090 g/mol. The number of aliphatic hydroxyl groups excluding tert-OH is 1. The molecule has 3 heterocycles. The summed E-state index contributed by atoms with van der Waals surface area (Å²) < 4.78 is 56.8. The van der Waals surface area contributed by atoms with E-state index in [-0.39, 0.29) is 25.8 Å². The van der Waals surface area contributed by atoms with Crippen LogP contribution in [0.4, 0.5) is 4.79 Å². The highest BCUT2D eigenvalue weighted by atomic mass is 16.7. The van der Waals surface area contributed by atoms with E-state index >= 15 is 0 Å². The van der Waals surface area contributed by atoms with Crippen molar-refractivity contribution in [3.8, 4) is 5.75 Å².